The van der Waals surface area contributed by atoms with Crippen molar-refractivity contribution in [3.63, 3.8) is 0 Å². The van der Waals surface area contributed by atoms with Crippen LogP contribution in [-0.4, -0.2) is 253 Å². The third kappa shape index (κ3) is 56.8. The summed E-state index contributed by atoms with van der Waals surface area (Å²) >= 11 is 0. The predicted octanol–water partition coefficient (Wildman–Crippen LogP) is -0.00780. The Morgan fingerprint density at radius 2 is 0.486 bits per heavy atom. The smallest absolute Gasteiger partial charge is 0.243 e. The van der Waals surface area contributed by atoms with E-state index >= 15 is 14.4 Å². The summed E-state index contributed by atoms with van der Waals surface area (Å²) in [6.45, 7) is 30.9. The molecule has 1 heterocycles. The van der Waals surface area contributed by atoms with Crippen LogP contribution in [0, 0.1) is 47.3 Å². The fourth-order valence-electron chi connectivity index (χ4n) is 16.0. The van der Waals surface area contributed by atoms with Crippen LogP contribution in [0.3, 0.4) is 0 Å². The molecule has 1 aromatic heterocycles. The Morgan fingerprint density at radius 1 is 0.261 bits per heavy atom. The molecule has 1 rings (SSSR count). The number of carbonyl (C=O) groups excluding carboxylic acids is 17. The topological polar surface area (TPSA) is 732 Å². The number of aromatic nitrogens is 2. The average molecular weight is 2010 g/mol. The first-order chi connectivity index (χ1) is 67.2. The number of carbonyl (C=O) groups is 17. The molecule has 15 atom stereocenters. The second kappa shape index (κ2) is 73.9. The van der Waals surface area contributed by atoms with Crippen molar-refractivity contribution >= 4 is 100 Å². The zero-order valence-electron chi connectivity index (χ0n) is 88.0. The van der Waals surface area contributed by atoms with Crippen LogP contribution in [0.25, 0.3) is 0 Å². The van der Waals surface area contributed by atoms with Crippen LogP contribution in [0.2, 0.25) is 0 Å². The van der Waals surface area contributed by atoms with E-state index in [1.807, 2.05) is 111 Å². The number of rotatable bonds is 79. The quantitative estimate of drug-likeness (QED) is 0.0176. The van der Waals surface area contributed by atoms with Crippen LogP contribution in [0.4, 0.5) is 0 Å². The molecule has 142 heavy (non-hydrogen) atoms. The molecule has 0 unspecified atom stereocenters. The summed E-state index contributed by atoms with van der Waals surface area (Å²) in [6, 6.07) is -18.9. The highest BCUT2D eigenvalue weighted by atomic mass is 16.2. The molecule has 44 heteroatoms. The number of imidazole rings is 1. The molecule has 0 aliphatic heterocycles. The number of nitrogens with two attached hydrogens (primary N) is 8. The van der Waals surface area contributed by atoms with E-state index < -0.39 is 192 Å². The maximum Gasteiger partial charge on any atom is 0.243 e. The fourth-order valence-corrected chi connectivity index (χ4v) is 16.0. The van der Waals surface area contributed by atoms with Crippen molar-refractivity contribution in [1.29, 1.82) is 0 Å². The van der Waals surface area contributed by atoms with E-state index in [0.29, 0.717) is 128 Å². The highest BCUT2D eigenvalue weighted by Crippen LogP contribution is 2.20. The highest BCUT2D eigenvalue weighted by molar-refractivity contribution is 6.01. The third-order valence-corrected chi connectivity index (χ3v) is 23.5. The van der Waals surface area contributed by atoms with Gasteiger partial charge in [0.2, 0.25) is 100 Å². The second-order valence-electron chi connectivity index (χ2n) is 40.9. The Bertz CT molecular complexity index is 3910. The first-order valence-electron chi connectivity index (χ1n) is 51.9. The molecule has 0 saturated carbocycles. The van der Waals surface area contributed by atoms with Gasteiger partial charge in [0, 0.05) is 31.3 Å². The van der Waals surface area contributed by atoms with Gasteiger partial charge in [0.15, 0.2) is 0 Å². The molecule has 814 valence electrons. The SMILES string of the molecule is CC(C)C[C@H](NC(=O)[C@H](CCCCN)NC(=O)[C@H](CC(C)C)NC(=O)[C@H](CC(C)C)NC(=O)[C@H](Cc1cnc[nH]1)NC(=O)[C@H](CCCCN)NC(=O)[C@H](CC(C)C)NC(=O)[C@H](CC(C)C)NC(=O)[C@H](CCCCN)NC(=O)[C@H](CC(C)C)NC(=O)[C@H](CC(C)C)NC(=O)[C@H](CCCCN)NC(=O)[C@H](CCCCN)NC(=O)[C@@H](N)CC(C)C)C(=O)N[C@@H](CCCCN)C(=O)NCC(=O)NCCCCCC(=O)NN. The molecular formula is C98H185N27O17. The molecule has 0 spiro atoms. The van der Waals surface area contributed by atoms with Crippen molar-refractivity contribution in [2.75, 3.05) is 52.4 Å². The number of hydrogen-bond acceptors (Lipinski definition) is 26. The molecule has 0 aliphatic carbocycles. The van der Waals surface area contributed by atoms with E-state index in [9.17, 15) is 67.1 Å². The zero-order chi connectivity index (χ0) is 107. The Labute approximate surface area is 842 Å². The van der Waals surface area contributed by atoms with E-state index in [-0.39, 0.29) is 176 Å². The first kappa shape index (κ1) is 130. The minimum absolute atomic E-state index is 0.0100. The lowest BCUT2D eigenvalue weighted by atomic mass is 9.98. The van der Waals surface area contributed by atoms with Gasteiger partial charge in [-0.25, -0.2) is 10.8 Å². The molecule has 0 radical (unpaired) electrons. The van der Waals surface area contributed by atoms with Crippen molar-refractivity contribution in [2.45, 2.75) is 400 Å². The van der Waals surface area contributed by atoms with Crippen LogP contribution in [0.5, 0.6) is 0 Å². The molecule has 0 aliphatic rings. The predicted molar refractivity (Wildman–Crippen MR) is 547 cm³/mol. The van der Waals surface area contributed by atoms with Crippen molar-refractivity contribution in [1.82, 2.24) is 100 Å². The van der Waals surface area contributed by atoms with Gasteiger partial charge in [0.05, 0.1) is 18.9 Å². The van der Waals surface area contributed by atoms with Gasteiger partial charge < -0.3 is 130 Å². The molecule has 0 fully saturated rings. The summed E-state index contributed by atoms with van der Waals surface area (Å²) in [7, 11) is 0. The molecule has 0 saturated heterocycles. The number of hydrogen-bond donors (Lipinski definition) is 26. The van der Waals surface area contributed by atoms with Crippen LogP contribution in [0.15, 0.2) is 12.5 Å². The highest BCUT2D eigenvalue weighted by Gasteiger charge is 2.40. The van der Waals surface area contributed by atoms with Crippen LogP contribution in [-0.2, 0) is 87.9 Å². The Balaban J connectivity index is 3.81. The number of amides is 17. The van der Waals surface area contributed by atoms with E-state index in [2.05, 4.69) is 100 Å². The Kier molecular flexibility index (Phi) is 67.6. The summed E-state index contributed by atoms with van der Waals surface area (Å²) < 4.78 is 0. The summed E-state index contributed by atoms with van der Waals surface area (Å²) in [5.41, 5.74) is 44.0. The molecular weight excluding hydrogens is 1830 g/mol. The molecule has 1 aromatic rings. The van der Waals surface area contributed by atoms with Gasteiger partial charge in [0.1, 0.15) is 84.6 Å². The summed E-state index contributed by atoms with van der Waals surface area (Å²) in [5, 5.41) is 44.8. The van der Waals surface area contributed by atoms with Gasteiger partial charge in [-0.05, 0) is 266 Å². The van der Waals surface area contributed by atoms with Crippen molar-refractivity contribution < 1.29 is 81.5 Å². The van der Waals surface area contributed by atoms with Crippen LogP contribution < -0.4 is 136 Å². The maximum atomic E-state index is 15.1. The van der Waals surface area contributed by atoms with E-state index in [1.54, 1.807) is 0 Å². The lowest BCUT2D eigenvalue weighted by molar-refractivity contribution is -0.137. The van der Waals surface area contributed by atoms with Crippen molar-refractivity contribution in [3.8, 4) is 0 Å². The van der Waals surface area contributed by atoms with Crippen molar-refractivity contribution in [2.24, 2.45) is 93.3 Å². The Morgan fingerprint density at radius 3 is 0.718 bits per heavy atom. The molecule has 17 amide bonds. The lowest BCUT2D eigenvalue weighted by Crippen LogP contribution is -2.61. The summed E-state index contributed by atoms with van der Waals surface area (Å²) in [6.07, 6.45) is 10.9. The number of unbranched alkanes of at least 4 members (excludes halogenated alkanes) is 8. The number of hydrazine groups is 1. The van der Waals surface area contributed by atoms with E-state index in [4.69, 9.17) is 46.0 Å². The van der Waals surface area contributed by atoms with E-state index in [0.717, 1.165) is 0 Å². The summed E-state index contributed by atoms with van der Waals surface area (Å²) in [4.78, 5) is 251. The van der Waals surface area contributed by atoms with Gasteiger partial charge in [-0.1, -0.05) is 117 Å². The maximum absolute atomic E-state index is 15.1. The zero-order valence-corrected chi connectivity index (χ0v) is 88.0. The normalized spacial score (nSPS) is 14.7. The summed E-state index contributed by atoms with van der Waals surface area (Å²) in [5.74, 6) is -8.24. The molecule has 0 bridgehead atoms. The molecule has 0 aromatic carbocycles. The average Bonchev–Trinajstić information content (AvgIpc) is 1.58. The van der Waals surface area contributed by atoms with Crippen LogP contribution >= 0.6 is 0 Å². The number of nitrogens with zero attached hydrogens (tertiary/aromatic N) is 1. The van der Waals surface area contributed by atoms with Gasteiger partial charge in [-0.15, -0.1) is 0 Å². The lowest BCUT2D eigenvalue weighted by Gasteiger charge is -2.30. The molecule has 34 N–H and O–H groups in total. The minimum Gasteiger partial charge on any atom is -0.355 e. The standard InChI is InChI=1S/C98H185N27O17/c1-58(2)46-67(105)84(128)111-69(33-20-26-40-100)86(130)113-70(34-21-27-41-101)87(131)118-78(51-63(11)12)95(139)120-75(48-60(5)6)92(136)115-72(36-23-29-43-103)89(133)119-79(52-64(13)14)96(140)121-76(49-61(7)8)94(138)116-73(37-24-30-44-104)90(134)124-81(54-66-55-107-57-110-66)98(142)123-80(53-65(15)16)97(141)122-77(50-62(9)10)93(137)114-71(35-22-28-42-102)88(132)117-74(47-59(3)4)91(135)112-68(32-19-25-39-99)85(129)109-56-83(127)108-45-31-17-18-38-82(126)125-106/h55,57-65,67-81H,17-54,56,99-106H2,1-16H3,(H,107,110)(H,108,127)(H,109,129)(H,111,128)(H,112,135)(H,113,130)(H,114,137)(H,115,136)(H,116,138)(H,117,132)(H,118,131)(H,119,133)(H,120,139)(H,121,140)(H,122,141)(H,123,142)(H,124,134)(H,125,126)/t67-,68-,69-,70-,71-,72-,73-,74-,75-,76-,77-,78-,79-,80-,81-/m0/s1. The number of aromatic amines is 1. The van der Waals surface area contributed by atoms with Crippen molar-refractivity contribution in [3.05, 3.63) is 18.2 Å². The second-order valence-corrected chi connectivity index (χ2v) is 40.9. The van der Waals surface area contributed by atoms with Gasteiger partial charge in [0.25, 0.3) is 0 Å². The monoisotopic (exact) mass is 2010 g/mol. The van der Waals surface area contributed by atoms with Gasteiger partial charge in [-0.2, -0.15) is 0 Å². The number of nitrogens with one attached hydrogen (secondary N) is 18. The van der Waals surface area contributed by atoms with Gasteiger partial charge in [-0.3, -0.25) is 86.9 Å². The third-order valence-electron chi connectivity index (χ3n) is 23.5. The van der Waals surface area contributed by atoms with E-state index in [1.165, 1.54) is 12.5 Å². The molecule has 44 nitrogen and oxygen atoms in total. The largest absolute Gasteiger partial charge is 0.355 e. The Hall–Kier alpha value is -10.1. The van der Waals surface area contributed by atoms with Gasteiger partial charge >= 0.3 is 0 Å². The fraction of sp³-hybridized carbons (Fsp3) is 0.796. The van der Waals surface area contributed by atoms with Crippen LogP contribution in [0.1, 0.15) is 309 Å². The number of H-pyrrole nitrogens is 1. The first-order valence-corrected chi connectivity index (χ1v) is 51.9. The minimum atomic E-state index is -1.48.